The van der Waals surface area contributed by atoms with Crippen LogP contribution < -0.4 is 0 Å². The van der Waals surface area contributed by atoms with Crippen molar-refractivity contribution < 1.29 is 9.59 Å². The van der Waals surface area contributed by atoms with E-state index in [1.54, 1.807) is 0 Å². The summed E-state index contributed by atoms with van der Waals surface area (Å²) in [6.07, 6.45) is 1.44. The van der Waals surface area contributed by atoms with Gasteiger partial charge in [0.1, 0.15) is 0 Å². The molecule has 0 saturated carbocycles. The number of thioether (sulfide) groups is 1. The second kappa shape index (κ2) is 8.27. The second-order valence-electron chi connectivity index (χ2n) is 6.12. The molecule has 1 unspecified atom stereocenters. The summed E-state index contributed by atoms with van der Waals surface area (Å²) in [6, 6.07) is 19.2. The van der Waals surface area contributed by atoms with Crippen LogP contribution in [0.25, 0.3) is 0 Å². The summed E-state index contributed by atoms with van der Waals surface area (Å²) in [6.45, 7) is 2.18. The third kappa shape index (κ3) is 4.79. The monoisotopic (exact) mass is 339 g/mol. The highest BCUT2D eigenvalue weighted by Crippen LogP contribution is 2.25. The van der Waals surface area contributed by atoms with Crippen LogP contribution in [0.15, 0.2) is 60.7 Å². The highest BCUT2D eigenvalue weighted by atomic mass is 32.2. The van der Waals surface area contributed by atoms with Crippen molar-refractivity contribution in [3.63, 3.8) is 0 Å². The van der Waals surface area contributed by atoms with Gasteiger partial charge in [-0.05, 0) is 18.5 Å². The van der Waals surface area contributed by atoms with E-state index in [9.17, 15) is 9.59 Å². The molecule has 1 fully saturated rings. The average Bonchev–Trinajstić information content (AvgIpc) is 3.03. The lowest BCUT2D eigenvalue weighted by molar-refractivity contribution is -0.119. The first-order chi connectivity index (χ1) is 11.7. The molecular weight excluding hydrogens is 318 g/mol. The smallest absolute Gasteiger partial charge is 0.219 e. The van der Waals surface area contributed by atoms with E-state index in [1.165, 1.54) is 11.8 Å². The van der Waals surface area contributed by atoms with Gasteiger partial charge < -0.3 is 0 Å². The molecule has 0 bridgehead atoms. The first-order valence-electron chi connectivity index (χ1n) is 8.25. The van der Waals surface area contributed by atoms with Gasteiger partial charge in [0.25, 0.3) is 0 Å². The number of Topliss-reactive ketones (excluding diaryl/α,β-unsaturated/α-hetero) is 1. The molecule has 2 aromatic rings. The molecular formula is C20H21NO2S. The van der Waals surface area contributed by atoms with Gasteiger partial charge in [-0.15, -0.1) is 0 Å². The van der Waals surface area contributed by atoms with Crippen molar-refractivity contribution >= 4 is 22.7 Å². The minimum Gasteiger partial charge on any atom is -0.298 e. The Labute approximate surface area is 147 Å². The van der Waals surface area contributed by atoms with Crippen molar-refractivity contribution in [3.8, 4) is 0 Å². The summed E-state index contributed by atoms with van der Waals surface area (Å²) >= 11 is 1.40. The molecule has 24 heavy (non-hydrogen) atoms. The van der Waals surface area contributed by atoms with Crippen LogP contribution in [-0.4, -0.2) is 40.7 Å². The Hall–Kier alpha value is -1.91. The minimum absolute atomic E-state index is 0.123. The number of hydrogen-bond acceptors (Lipinski definition) is 4. The van der Waals surface area contributed by atoms with E-state index < -0.39 is 0 Å². The fourth-order valence-corrected chi connectivity index (χ4v) is 4.04. The first kappa shape index (κ1) is 16.9. The summed E-state index contributed by atoms with van der Waals surface area (Å²) < 4.78 is 0. The van der Waals surface area contributed by atoms with Gasteiger partial charge in [-0.3, -0.25) is 14.5 Å². The van der Waals surface area contributed by atoms with Crippen LogP contribution in [0.5, 0.6) is 0 Å². The Kier molecular flexibility index (Phi) is 5.83. The largest absolute Gasteiger partial charge is 0.298 e. The molecule has 1 saturated heterocycles. The Morgan fingerprint density at radius 2 is 1.67 bits per heavy atom. The molecule has 1 aliphatic heterocycles. The number of hydrogen-bond donors (Lipinski definition) is 0. The van der Waals surface area contributed by atoms with Gasteiger partial charge in [-0.25, -0.2) is 0 Å². The lowest BCUT2D eigenvalue weighted by Gasteiger charge is -2.14. The van der Waals surface area contributed by atoms with Crippen molar-refractivity contribution in [1.82, 2.24) is 4.90 Å². The van der Waals surface area contributed by atoms with Crippen molar-refractivity contribution in [2.45, 2.75) is 18.1 Å². The molecule has 3 nitrogen and oxygen atoms in total. The van der Waals surface area contributed by atoms with Crippen LogP contribution in [0.2, 0.25) is 0 Å². The fraction of sp³-hybridized carbons (Fsp3) is 0.300. The molecule has 2 aromatic carbocycles. The number of ketones is 1. The lowest BCUT2D eigenvalue weighted by Crippen LogP contribution is -2.29. The zero-order valence-electron chi connectivity index (χ0n) is 13.6. The normalized spacial score (nSPS) is 17.8. The van der Waals surface area contributed by atoms with E-state index in [4.69, 9.17) is 0 Å². The molecule has 0 radical (unpaired) electrons. The SMILES string of the molecule is O=C(Cc1ccccc1)CN1CCC(SC(=O)c2ccccc2)C1. The van der Waals surface area contributed by atoms with Crippen molar-refractivity contribution in [2.75, 3.05) is 19.6 Å². The topological polar surface area (TPSA) is 37.4 Å². The lowest BCUT2D eigenvalue weighted by atomic mass is 10.1. The van der Waals surface area contributed by atoms with E-state index >= 15 is 0 Å². The Bertz CT molecular complexity index is 687. The highest BCUT2D eigenvalue weighted by molar-refractivity contribution is 8.14. The van der Waals surface area contributed by atoms with Gasteiger partial charge in [-0.1, -0.05) is 72.4 Å². The minimum atomic E-state index is 0.123. The Morgan fingerprint density at radius 1 is 1.00 bits per heavy atom. The van der Waals surface area contributed by atoms with Gasteiger partial charge in [0.15, 0.2) is 5.78 Å². The van der Waals surface area contributed by atoms with Gasteiger partial charge in [0, 0.05) is 23.8 Å². The van der Waals surface area contributed by atoms with Crippen LogP contribution in [0, 0.1) is 0 Å². The molecule has 0 spiro atoms. The van der Waals surface area contributed by atoms with Gasteiger partial charge in [0.2, 0.25) is 5.12 Å². The summed E-state index contributed by atoms with van der Waals surface area (Å²) in [5.41, 5.74) is 1.81. The zero-order chi connectivity index (χ0) is 16.8. The molecule has 0 aliphatic carbocycles. The quantitative estimate of drug-likeness (QED) is 0.808. The molecule has 4 heteroatoms. The van der Waals surface area contributed by atoms with E-state index in [-0.39, 0.29) is 16.1 Å². The van der Waals surface area contributed by atoms with E-state index in [0.717, 1.165) is 30.6 Å². The molecule has 124 valence electrons. The average molecular weight is 339 g/mol. The van der Waals surface area contributed by atoms with Crippen LogP contribution >= 0.6 is 11.8 Å². The Balaban J connectivity index is 1.45. The van der Waals surface area contributed by atoms with Crippen LogP contribution in [-0.2, 0) is 11.2 Å². The number of carbonyl (C=O) groups excluding carboxylic acids is 2. The van der Waals surface area contributed by atoms with Crippen LogP contribution in [0.1, 0.15) is 22.3 Å². The maximum atomic E-state index is 12.2. The number of rotatable bonds is 6. The third-order valence-electron chi connectivity index (χ3n) is 4.16. The molecule has 0 amide bonds. The summed E-state index contributed by atoms with van der Waals surface area (Å²) in [7, 11) is 0. The zero-order valence-corrected chi connectivity index (χ0v) is 14.4. The molecule has 1 heterocycles. The van der Waals surface area contributed by atoms with E-state index in [0.29, 0.717) is 13.0 Å². The third-order valence-corrected chi connectivity index (χ3v) is 5.32. The molecule has 1 atom stereocenters. The van der Waals surface area contributed by atoms with Crippen molar-refractivity contribution in [2.24, 2.45) is 0 Å². The van der Waals surface area contributed by atoms with Gasteiger partial charge in [-0.2, -0.15) is 0 Å². The number of carbonyl (C=O) groups is 2. The van der Waals surface area contributed by atoms with Crippen LogP contribution in [0.3, 0.4) is 0 Å². The maximum Gasteiger partial charge on any atom is 0.219 e. The van der Waals surface area contributed by atoms with Crippen molar-refractivity contribution in [1.29, 1.82) is 0 Å². The predicted molar refractivity (Wildman–Crippen MR) is 98.4 cm³/mol. The standard InChI is InChI=1S/C20H21NO2S/c22-18(13-16-7-3-1-4-8-16)14-21-12-11-19(15-21)24-20(23)17-9-5-2-6-10-17/h1-10,19H,11-15H2. The summed E-state index contributed by atoms with van der Waals surface area (Å²) in [4.78, 5) is 26.6. The summed E-state index contributed by atoms with van der Waals surface area (Å²) in [5.74, 6) is 0.237. The summed E-state index contributed by atoms with van der Waals surface area (Å²) in [5, 5.41) is 0.403. The molecule has 0 aromatic heterocycles. The number of likely N-dealkylation sites (tertiary alicyclic amines) is 1. The van der Waals surface area contributed by atoms with Crippen molar-refractivity contribution in [3.05, 3.63) is 71.8 Å². The van der Waals surface area contributed by atoms with Gasteiger partial charge >= 0.3 is 0 Å². The number of nitrogens with zero attached hydrogens (tertiary/aromatic N) is 1. The fourth-order valence-electron chi connectivity index (χ4n) is 2.96. The maximum absolute atomic E-state index is 12.2. The van der Waals surface area contributed by atoms with Gasteiger partial charge in [0.05, 0.1) is 6.54 Å². The molecule has 3 rings (SSSR count). The van der Waals surface area contributed by atoms with E-state index in [2.05, 4.69) is 4.90 Å². The first-order valence-corrected chi connectivity index (χ1v) is 9.12. The van der Waals surface area contributed by atoms with Crippen LogP contribution in [0.4, 0.5) is 0 Å². The molecule has 0 N–H and O–H groups in total. The predicted octanol–water partition coefficient (Wildman–Crippen LogP) is 3.45. The highest BCUT2D eigenvalue weighted by Gasteiger charge is 2.26. The molecule has 1 aliphatic rings. The number of benzene rings is 2. The Morgan fingerprint density at radius 3 is 2.38 bits per heavy atom. The second-order valence-corrected chi connectivity index (χ2v) is 7.39. The van der Waals surface area contributed by atoms with E-state index in [1.807, 2.05) is 60.7 Å².